The molecule has 1 N–H and O–H groups in total. The topological polar surface area (TPSA) is 15.3 Å². The summed E-state index contributed by atoms with van der Waals surface area (Å²) in [5, 5.41) is 3.68. The van der Waals surface area contributed by atoms with Crippen molar-refractivity contribution in [2.24, 2.45) is 0 Å². The molecule has 0 fully saturated rings. The Labute approximate surface area is 112 Å². The van der Waals surface area contributed by atoms with Gasteiger partial charge in [-0.2, -0.15) is 0 Å². The van der Waals surface area contributed by atoms with Gasteiger partial charge in [0.1, 0.15) is 0 Å². The molecule has 0 aliphatic rings. The molecule has 0 aliphatic heterocycles. The van der Waals surface area contributed by atoms with E-state index in [2.05, 4.69) is 75.4 Å². The molecule has 1 rings (SSSR count). The van der Waals surface area contributed by atoms with Crippen LogP contribution in [0.1, 0.15) is 45.2 Å². The predicted molar refractivity (Wildman–Crippen MR) is 79.9 cm³/mol. The van der Waals surface area contributed by atoms with E-state index in [0.29, 0.717) is 6.04 Å². The molecule has 0 bridgehead atoms. The molecule has 1 unspecified atom stereocenters. The molecule has 102 valence electrons. The van der Waals surface area contributed by atoms with Crippen LogP contribution >= 0.6 is 0 Å². The fourth-order valence-corrected chi connectivity index (χ4v) is 3.02. The molecule has 2 heteroatoms. The van der Waals surface area contributed by atoms with Gasteiger partial charge in [0.25, 0.3) is 0 Å². The summed E-state index contributed by atoms with van der Waals surface area (Å²) in [6.45, 7) is 7.75. The number of nitrogens with one attached hydrogen (secondary N) is 1. The average molecular weight is 248 g/mol. The molecule has 1 aromatic rings. The zero-order valence-corrected chi connectivity index (χ0v) is 12.5. The monoisotopic (exact) mass is 248 g/mol. The number of hydrogen-bond acceptors (Lipinski definition) is 2. The number of benzene rings is 1. The first-order chi connectivity index (χ1) is 8.62. The Hall–Kier alpha value is -0.860. The van der Waals surface area contributed by atoms with E-state index in [1.807, 2.05) is 0 Å². The highest BCUT2D eigenvalue weighted by Crippen LogP contribution is 2.35. The van der Waals surface area contributed by atoms with Crippen molar-refractivity contribution < 1.29 is 0 Å². The maximum atomic E-state index is 3.68. The van der Waals surface area contributed by atoms with Crippen LogP contribution in [-0.2, 0) is 0 Å². The van der Waals surface area contributed by atoms with Gasteiger partial charge in [0.2, 0.25) is 0 Å². The Balaban J connectivity index is 3.17. The van der Waals surface area contributed by atoms with Gasteiger partial charge < -0.3 is 10.2 Å². The fraction of sp³-hybridized carbons (Fsp3) is 0.625. The van der Waals surface area contributed by atoms with Gasteiger partial charge in [0.05, 0.1) is 6.04 Å². The minimum Gasteiger partial charge on any atom is -0.309 e. The van der Waals surface area contributed by atoms with Crippen LogP contribution in [0.25, 0.3) is 0 Å². The number of hydrogen-bond donors (Lipinski definition) is 1. The lowest BCUT2D eigenvalue weighted by molar-refractivity contribution is 0.0889. The third-order valence-electron chi connectivity index (χ3n) is 4.19. The second-order valence-corrected chi connectivity index (χ2v) is 5.11. The molecule has 0 aliphatic carbocycles. The van der Waals surface area contributed by atoms with Gasteiger partial charge in [-0.25, -0.2) is 0 Å². The van der Waals surface area contributed by atoms with Crippen LogP contribution in [0.5, 0.6) is 0 Å². The van der Waals surface area contributed by atoms with E-state index in [1.54, 1.807) is 0 Å². The Morgan fingerprint density at radius 1 is 1.06 bits per heavy atom. The zero-order chi connectivity index (χ0) is 13.6. The number of nitrogens with zero attached hydrogens (tertiary/aromatic N) is 1. The molecule has 1 aromatic carbocycles. The SMILES string of the molecule is CCNC(c1ccccc1)C(CC)(CC)N(C)C. The van der Waals surface area contributed by atoms with Crippen LogP contribution in [0.3, 0.4) is 0 Å². The summed E-state index contributed by atoms with van der Waals surface area (Å²) in [5.41, 5.74) is 1.56. The molecule has 1 atom stereocenters. The Bertz CT molecular complexity index is 328. The molecular weight excluding hydrogens is 220 g/mol. The van der Waals surface area contributed by atoms with Crippen molar-refractivity contribution in [2.75, 3.05) is 20.6 Å². The molecule has 0 saturated carbocycles. The predicted octanol–water partition coefficient (Wildman–Crippen LogP) is 3.46. The minimum absolute atomic E-state index is 0.178. The van der Waals surface area contributed by atoms with Crippen LogP contribution in [0, 0.1) is 0 Å². The van der Waals surface area contributed by atoms with Crippen LogP contribution in [-0.4, -0.2) is 31.1 Å². The molecule has 0 heterocycles. The summed E-state index contributed by atoms with van der Waals surface area (Å²) in [6, 6.07) is 11.2. The third-order valence-corrected chi connectivity index (χ3v) is 4.19. The highest BCUT2D eigenvalue weighted by molar-refractivity contribution is 5.23. The first-order valence-electron chi connectivity index (χ1n) is 7.08. The van der Waals surface area contributed by atoms with Crippen LogP contribution in [0.15, 0.2) is 30.3 Å². The van der Waals surface area contributed by atoms with Crippen molar-refractivity contribution in [3.8, 4) is 0 Å². The van der Waals surface area contributed by atoms with Crippen molar-refractivity contribution in [1.82, 2.24) is 10.2 Å². The lowest BCUT2D eigenvalue weighted by Gasteiger charge is -2.45. The van der Waals surface area contributed by atoms with E-state index in [-0.39, 0.29) is 5.54 Å². The van der Waals surface area contributed by atoms with Crippen LogP contribution in [0.2, 0.25) is 0 Å². The van der Waals surface area contributed by atoms with E-state index in [1.165, 1.54) is 5.56 Å². The third kappa shape index (κ3) is 2.93. The van der Waals surface area contributed by atoms with Gasteiger partial charge in [-0.3, -0.25) is 0 Å². The highest BCUT2D eigenvalue weighted by Gasteiger charge is 2.38. The van der Waals surface area contributed by atoms with E-state index in [0.717, 1.165) is 19.4 Å². The normalized spacial score (nSPS) is 13.9. The molecular formula is C16H28N2. The second-order valence-electron chi connectivity index (χ2n) is 5.11. The van der Waals surface area contributed by atoms with Gasteiger partial charge >= 0.3 is 0 Å². The van der Waals surface area contributed by atoms with Gasteiger partial charge in [-0.15, -0.1) is 0 Å². The second kappa shape index (κ2) is 6.91. The summed E-state index contributed by atoms with van der Waals surface area (Å²) < 4.78 is 0. The van der Waals surface area contributed by atoms with Crippen molar-refractivity contribution in [2.45, 2.75) is 45.2 Å². The smallest absolute Gasteiger partial charge is 0.0506 e. The molecule has 0 radical (unpaired) electrons. The molecule has 0 aromatic heterocycles. The quantitative estimate of drug-likeness (QED) is 0.795. The average Bonchev–Trinajstić information content (AvgIpc) is 2.40. The molecule has 0 spiro atoms. The van der Waals surface area contributed by atoms with Gasteiger partial charge in [0, 0.05) is 5.54 Å². The maximum Gasteiger partial charge on any atom is 0.0506 e. The summed E-state index contributed by atoms with van der Waals surface area (Å²) in [7, 11) is 4.39. The first kappa shape index (κ1) is 15.2. The Morgan fingerprint density at radius 3 is 2.00 bits per heavy atom. The molecule has 0 amide bonds. The van der Waals surface area contributed by atoms with Crippen molar-refractivity contribution >= 4 is 0 Å². The van der Waals surface area contributed by atoms with Gasteiger partial charge in [-0.05, 0) is 39.0 Å². The zero-order valence-electron chi connectivity index (χ0n) is 12.5. The Kier molecular flexibility index (Phi) is 5.83. The lowest BCUT2D eigenvalue weighted by atomic mass is 9.79. The summed E-state index contributed by atoms with van der Waals surface area (Å²) >= 11 is 0. The van der Waals surface area contributed by atoms with E-state index >= 15 is 0 Å². The minimum atomic E-state index is 0.178. The van der Waals surface area contributed by atoms with E-state index in [4.69, 9.17) is 0 Å². The maximum absolute atomic E-state index is 3.68. The van der Waals surface area contributed by atoms with Crippen LogP contribution in [0.4, 0.5) is 0 Å². The van der Waals surface area contributed by atoms with Crippen LogP contribution < -0.4 is 5.32 Å². The van der Waals surface area contributed by atoms with E-state index in [9.17, 15) is 0 Å². The van der Waals surface area contributed by atoms with Gasteiger partial charge in [0.15, 0.2) is 0 Å². The van der Waals surface area contributed by atoms with Gasteiger partial charge in [-0.1, -0.05) is 51.1 Å². The Morgan fingerprint density at radius 2 is 1.61 bits per heavy atom. The number of rotatable bonds is 7. The lowest BCUT2D eigenvalue weighted by Crippen LogP contribution is -2.53. The molecule has 18 heavy (non-hydrogen) atoms. The standard InChI is InChI=1S/C16H28N2/c1-6-16(7-2,18(4)5)15(17-8-3)14-12-10-9-11-13-14/h9-13,15,17H,6-8H2,1-5H3. The highest BCUT2D eigenvalue weighted by atomic mass is 15.2. The summed E-state index contributed by atoms with van der Waals surface area (Å²) in [4.78, 5) is 2.38. The van der Waals surface area contributed by atoms with Crippen molar-refractivity contribution in [1.29, 1.82) is 0 Å². The summed E-state index contributed by atoms with van der Waals surface area (Å²) in [6.07, 6.45) is 2.28. The van der Waals surface area contributed by atoms with Crippen molar-refractivity contribution in [3.05, 3.63) is 35.9 Å². The first-order valence-corrected chi connectivity index (χ1v) is 7.08. The fourth-order valence-electron chi connectivity index (χ4n) is 3.02. The number of likely N-dealkylation sites (N-methyl/N-ethyl adjacent to an activating group) is 2. The largest absolute Gasteiger partial charge is 0.309 e. The molecule has 0 saturated heterocycles. The summed E-state index contributed by atoms with van der Waals surface area (Å²) in [5.74, 6) is 0. The van der Waals surface area contributed by atoms with Crippen molar-refractivity contribution in [3.63, 3.8) is 0 Å². The molecule has 2 nitrogen and oxygen atoms in total. The van der Waals surface area contributed by atoms with E-state index < -0.39 is 0 Å².